The topological polar surface area (TPSA) is 41.3 Å². The minimum absolute atomic E-state index is 0.209. The number of rotatable bonds is 4. The first-order chi connectivity index (χ1) is 8.24. The van der Waals surface area contributed by atoms with Gasteiger partial charge in [0.15, 0.2) is 0 Å². The quantitative estimate of drug-likeness (QED) is 0.882. The van der Waals surface area contributed by atoms with Crippen molar-refractivity contribution in [2.75, 3.05) is 25.1 Å². The van der Waals surface area contributed by atoms with Crippen LogP contribution in [0.25, 0.3) is 0 Å². The van der Waals surface area contributed by atoms with E-state index in [1.165, 1.54) is 0 Å². The van der Waals surface area contributed by atoms with Crippen molar-refractivity contribution in [2.45, 2.75) is 32.0 Å². The molecule has 0 spiro atoms. The summed E-state index contributed by atoms with van der Waals surface area (Å²) in [6, 6.07) is 2.15. The van der Waals surface area contributed by atoms with E-state index in [1.807, 2.05) is 22.5 Å². The van der Waals surface area contributed by atoms with Crippen LogP contribution in [-0.2, 0) is 6.54 Å². The van der Waals surface area contributed by atoms with E-state index in [0.29, 0.717) is 0 Å². The maximum Gasteiger partial charge on any atom is 0.112 e. The van der Waals surface area contributed by atoms with E-state index in [1.54, 1.807) is 6.20 Å². The first kappa shape index (κ1) is 12.9. The zero-order valence-corrected chi connectivity index (χ0v) is 11.4. The van der Waals surface area contributed by atoms with Gasteiger partial charge < -0.3 is 5.11 Å². The zero-order chi connectivity index (χ0) is 12.3. The van der Waals surface area contributed by atoms with Gasteiger partial charge in [0, 0.05) is 30.8 Å². The first-order valence-electron chi connectivity index (χ1n) is 6.21. The number of likely N-dealkylation sites (N-methyl/N-ethyl adjacent to an activating group) is 1. The van der Waals surface area contributed by atoms with Gasteiger partial charge in [0.2, 0.25) is 0 Å². The molecule has 2 heterocycles. The van der Waals surface area contributed by atoms with Gasteiger partial charge in [-0.1, -0.05) is 6.92 Å². The SMILES string of the molecule is CCCn1nccc1C(O)C1CSCCN1C. The predicted octanol–water partition coefficient (Wildman–Crippen LogP) is 1.37. The largest absolute Gasteiger partial charge is 0.385 e. The molecule has 4 nitrogen and oxygen atoms in total. The fourth-order valence-electron chi connectivity index (χ4n) is 2.23. The number of aliphatic hydroxyl groups excluding tert-OH is 1. The van der Waals surface area contributed by atoms with E-state index < -0.39 is 6.10 Å². The number of nitrogens with zero attached hydrogens (tertiary/aromatic N) is 3. The Kier molecular flexibility index (Phi) is 4.48. The molecule has 1 saturated heterocycles. The van der Waals surface area contributed by atoms with Gasteiger partial charge >= 0.3 is 0 Å². The molecule has 0 aliphatic carbocycles. The predicted molar refractivity (Wildman–Crippen MR) is 71.2 cm³/mol. The molecule has 1 N–H and O–H groups in total. The van der Waals surface area contributed by atoms with Crippen LogP contribution >= 0.6 is 11.8 Å². The molecule has 96 valence electrons. The van der Waals surface area contributed by atoms with Crippen molar-refractivity contribution in [3.05, 3.63) is 18.0 Å². The maximum absolute atomic E-state index is 10.5. The van der Waals surface area contributed by atoms with E-state index >= 15 is 0 Å². The molecule has 1 aliphatic heterocycles. The summed E-state index contributed by atoms with van der Waals surface area (Å²) in [4.78, 5) is 2.25. The normalized spacial score (nSPS) is 23.8. The molecule has 5 heteroatoms. The number of aryl methyl sites for hydroxylation is 1. The van der Waals surface area contributed by atoms with Gasteiger partial charge in [-0.2, -0.15) is 16.9 Å². The Morgan fingerprint density at radius 3 is 3.18 bits per heavy atom. The highest BCUT2D eigenvalue weighted by Crippen LogP contribution is 2.26. The lowest BCUT2D eigenvalue weighted by molar-refractivity contribution is 0.0687. The van der Waals surface area contributed by atoms with Gasteiger partial charge in [-0.05, 0) is 19.5 Å². The average molecular weight is 255 g/mol. The van der Waals surface area contributed by atoms with E-state index in [2.05, 4.69) is 24.0 Å². The van der Waals surface area contributed by atoms with Gasteiger partial charge in [-0.3, -0.25) is 9.58 Å². The van der Waals surface area contributed by atoms with Gasteiger partial charge in [-0.15, -0.1) is 0 Å². The lowest BCUT2D eigenvalue weighted by Crippen LogP contribution is -2.43. The van der Waals surface area contributed by atoms with Crippen LogP contribution in [0, 0.1) is 0 Å². The van der Waals surface area contributed by atoms with Gasteiger partial charge in [-0.25, -0.2) is 0 Å². The molecule has 0 aromatic carbocycles. The summed E-state index contributed by atoms with van der Waals surface area (Å²) in [6.07, 6.45) is 2.39. The van der Waals surface area contributed by atoms with Crippen molar-refractivity contribution in [3.8, 4) is 0 Å². The second-order valence-corrected chi connectivity index (χ2v) is 5.70. The van der Waals surface area contributed by atoms with E-state index in [9.17, 15) is 5.11 Å². The Labute approximate surface area is 107 Å². The van der Waals surface area contributed by atoms with Crippen LogP contribution in [0.3, 0.4) is 0 Å². The molecular formula is C12H21N3OS. The summed E-state index contributed by atoms with van der Waals surface area (Å²) in [5, 5.41) is 14.8. The van der Waals surface area contributed by atoms with Crippen molar-refractivity contribution in [1.82, 2.24) is 14.7 Å². The third kappa shape index (κ3) is 2.84. The fraction of sp³-hybridized carbons (Fsp3) is 0.750. The Balaban J connectivity index is 2.11. The Morgan fingerprint density at radius 2 is 2.47 bits per heavy atom. The van der Waals surface area contributed by atoms with E-state index in [-0.39, 0.29) is 6.04 Å². The highest BCUT2D eigenvalue weighted by Gasteiger charge is 2.29. The van der Waals surface area contributed by atoms with Crippen LogP contribution in [0.2, 0.25) is 0 Å². The van der Waals surface area contributed by atoms with Gasteiger partial charge in [0.05, 0.1) is 11.7 Å². The number of aromatic nitrogens is 2. The number of aliphatic hydroxyl groups is 1. The van der Waals surface area contributed by atoms with Crippen molar-refractivity contribution >= 4 is 11.8 Å². The standard InChI is InChI=1S/C12H21N3OS/c1-3-6-15-10(4-5-13-15)12(16)11-9-17-8-7-14(11)2/h4-5,11-12,16H,3,6-9H2,1-2H3. The molecule has 1 aromatic heterocycles. The smallest absolute Gasteiger partial charge is 0.112 e. The molecule has 0 saturated carbocycles. The summed E-state index contributed by atoms with van der Waals surface area (Å²) in [6.45, 7) is 4.05. The van der Waals surface area contributed by atoms with Crippen LogP contribution in [0.15, 0.2) is 12.3 Å². The highest BCUT2D eigenvalue weighted by molar-refractivity contribution is 7.99. The molecular weight excluding hydrogens is 234 g/mol. The van der Waals surface area contributed by atoms with Crippen LogP contribution in [0.1, 0.15) is 25.1 Å². The van der Waals surface area contributed by atoms with Crippen molar-refractivity contribution in [3.63, 3.8) is 0 Å². The minimum Gasteiger partial charge on any atom is -0.385 e. The summed E-state index contributed by atoms with van der Waals surface area (Å²) >= 11 is 1.92. The minimum atomic E-state index is -0.429. The Bertz CT molecular complexity index is 355. The average Bonchev–Trinajstić information content (AvgIpc) is 2.78. The lowest BCUT2D eigenvalue weighted by atomic mass is 10.1. The van der Waals surface area contributed by atoms with Crippen molar-refractivity contribution in [1.29, 1.82) is 0 Å². The maximum atomic E-state index is 10.5. The van der Waals surface area contributed by atoms with Gasteiger partial charge in [0.25, 0.3) is 0 Å². The molecule has 1 aliphatic rings. The first-order valence-corrected chi connectivity index (χ1v) is 7.37. The number of thioether (sulfide) groups is 1. The highest BCUT2D eigenvalue weighted by atomic mass is 32.2. The Hall–Kier alpha value is -0.520. The van der Waals surface area contributed by atoms with Crippen LogP contribution in [0.5, 0.6) is 0 Å². The monoisotopic (exact) mass is 255 g/mol. The third-order valence-corrected chi connectivity index (χ3v) is 4.34. The second kappa shape index (κ2) is 5.89. The second-order valence-electron chi connectivity index (χ2n) is 4.55. The molecule has 0 amide bonds. The van der Waals surface area contributed by atoms with Crippen molar-refractivity contribution < 1.29 is 5.11 Å². The third-order valence-electron chi connectivity index (χ3n) is 3.30. The van der Waals surface area contributed by atoms with Crippen LogP contribution in [-0.4, -0.2) is 50.9 Å². The molecule has 0 radical (unpaired) electrons. The molecule has 2 unspecified atom stereocenters. The number of hydrogen-bond donors (Lipinski definition) is 1. The summed E-state index contributed by atoms with van der Waals surface area (Å²) in [5.74, 6) is 2.16. The van der Waals surface area contributed by atoms with E-state index in [4.69, 9.17) is 0 Å². The lowest BCUT2D eigenvalue weighted by Gasteiger charge is -2.35. The molecule has 0 bridgehead atoms. The van der Waals surface area contributed by atoms with Gasteiger partial charge in [0.1, 0.15) is 6.10 Å². The van der Waals surface area contributed by atoms with E-state index in [0.717, 1.165) is 36.7 Å². The molecule has 1 fully saturated rings. The van der Waals surface area contributed by atoms with Crippen molar-refractivity contribution in [2.24, 2.45) is 0 Å². The van der Waals surface area contributed by atoms with Crippen LogP contribution in [0.4, 0.5) is 0 Å². The molecule has 2 atom stereocenters. The molecule has 17 heavy (non-hydrogen) atoms. The summed E-state index contributed by atoms with van der Waals surface area (Å²) < 4.78 is 1.93. The fourth-order valence-corrected chi connectivity index (χ4v) is 3.49. The summed E-state index contributed by atoms with van der Waals surface area (Å²) in [5.41, 5.74) is 0.950. The summed E-state index contributed by atoms with van der Waals surface area (Å²) in [7, 11) is 2.09. The molecule has 2 rings (SSSR count). The van der Waals surface area contributed by atoms with Crippen LogP contribution < -0.4 is 0 Å². The molecule has 1 aromatic rings. The number of hydrogen-bond acceptors (Lipinski definition) is 4. The Morgan fingerprint density at radius 1 is 1.65 bits per heavy atom. The zero-order valence-electron chi connectivity index (χ0n) is 10.5.